The second-order valence-electron chi connectivity index (χ2n) is 11.4. The normalized spacial score (nSPS) is 19.2. The van der Waals surface area contributed by atoms with Gasteiger partial charge in [0.1, 0.15) is 11.7 Å². The summed E-state index contributed by atoms with van der Waals surface area (Å²) in [5.74, 6) is -3.41. The number of piperidine rings is 1. The van der Waals surface area contributed by atoms with Gasteiger partial charge in [0.05, 0.1) is 23.1 Å². The van der Waals surface area contributed by atoms with Crippen molar-refractivity contribution in [2.24, 2.45) is 7.05 Å². The topological polar surface area (TPSA) is 162 Å². The molecule has 2 unspecified atom stereocenters. The van der Waals surface area contributed by atoms with Gasteiger partial charge in [-0.25, -0.2) is 0 Å². The largest absolute Gasteiger partial charge is 0.432 e. The minimum absolute atomic E-state index is 0.00314. The van der Waals surface area contributed by atoms with Crippen molar-refractivity contribution >= 4 is 35.2 Å². The summed E-state index contributed by atoms with van der Waals surface area (Å²) in [5.41, 5.74) is -0.725. The van der Waals surface area contributed by atoms with E-state index >= 15 is 0 Å². The van der Waals surface area contributed by atoms with E-state index in [2.05, 4.69) is 20.8 Å². The number of amides is 5. The van der Waals surface area contributed by atoms with Crippen LogP contribution >= 0.6 is 0 Å². The number of alkyl halides is 3. The van der Waals surface area contributed by atoms with Crippen molar-refractivity contribution in [2.75, 3.05) is 4.90 Å². The van der Waals surface area contributed by atoms with E-state index in [1.807, 2.05) is 5.10 Å². The molecule has 0 radical (unpaired) electrons. The number of benzene rings is 1. The summed E-state index contributed by atoms with van der Waals surface area (Å²) in [6.45, 7) is 1.65. The number of fused-ring (bicyclic) bond motifs is 1. The average Bonchev–Trinajstić information content (AvgIpc) is 3.67. The van der Waals surface area contributed by atoms with Crippen LogP contribution in [0.15, 0.2) is 30.5 Å². The molecule has 1 saturated carbocycles. The minimum Gasteiger partial charge on any atom is -0.351 e. The number of anilines is 1. The second kappa shape index (κ2) is 11.2. The first-order valence-electron chi connectivity index (χ1n) is 14.4. The summed E-state index contributed by atoms with van der Waals surface area (Å²) in [5, 5.41) is 14.9. The van der Waals surface area contributed by atoms with Gasteiger partial charge in [0.2, 0.25) is 17.7 Å². The fraction of sp³-hybridized carbons (Fsp3) is 0.414. The summed E-state index contributed by atoms with van der Waals surface area (Å²) in [6.07, 6.45) is -0.899. The molecular formula is C29H29F3N8O5. The highest BCUT2D eigenvalue weighted by atomic mass is 19.4. The lowest BCUT2D eigenvalue weighted by atomic mass is 9.92. The number of aryl methyl sites for hydroxylation is 2. The molecule has 2 aromatic heterocycles. The summed E-state index contributed by atoms with van der Waals surface area (Å²) < 4.78 is 42.0. The Labute approximate surface area is 254 Å². The third kappa shape index (κ3) is 5.33. The zero-order valence-electron chi connectivity index (χ0n) is 24.3. The van der Waals surface area contributed by atoms with Crippen LogP contribution in [0.5, 0.6) is 0 Å². The number of H-pyrrole nitrogens is 1. The molecule has 6 rings (SSSR count). The Morgan fingerprint density at radius 3 is 2.51 bits per heavy atom. The van der Waals surface area contributed by atoms with Crippen LogP contribution in [0.2, 0.25) is 0 Å². The number of hydrogen-bond donors (Lipinski definition) is 3. The first kappa shape index (κ1) is 30.0. The van der Waals surface area contributed by atoms with E-state index in [0.717, 1.165) is 11.3 Å². The van der Waals surface area contributed by atoms with Crippen LogP contribution in [-0.2, 0) is 34.2 Å². The van der Waals surface area contributed by atoms with Crippen molar-refractivity contribution in [2.45, 2.75) is 69.9 Å². The zero-order valence-corrected chi connectivity index (χ0v) is 24.3. The van der Waals surface area contributed by atoms with Crippen LogP contribution in [0.4, 0.5) is 18.9 Å². The van der Waals surface area contributed by atoms with Crippen molar-refractivity contribution in [3.63, 3.8) is 0 Å². The molecule has 0 bridgehead atoms. The Kier molecular flexibility index (Phi) is 7.45. The lowest BCUT2D eigenvalue weighted by molar-refractivity contribution is -0.141. The number of halogens is 3. The van der Waals surface area contributed by atoms with Gasteiger partial charge in [0.25, 0.3) is 11.8 Å². The standard InChI is InChI=1S/C29H29F3N8O5/c1-14-12-33-38(2)23(14)24(26(43)34-16-6-4-7-16)40(27(44)17-11-20(37-36-17)29(30,31)32)18-8-3-5-15-13-39(28(45)22(15)18)19-9-10-21(41)35-25(19)42/h3,5,8,11-12,16,19,24H,4,6-7,9-10,13H2,1-2H3,(H,34,43)(H,36,37)(H,35,41,42). The van der Waals surface area contributed by atoms with Crippen LogP contribution in [0.1, 0.15) is 81.5 Å². The van der Waals surface area contributed by atoms with Crippen LogP contribution in [0.3, 0.4) is 0 Å². The zero-order chi connectivity index (χ0) is 32.2. The average molecular weight is 627 g/mol. The first-order chi connectivity index (χ1) is 21.3. The van der Waals surface area contributed by atoms with E-state index in [9.17, 15) is 37.1 Å². The van der Waals surface area contributed by atoms with Gasteiger partial charge in [0.15, 0.2) is 11.7 Å². The number of imide groups is 1. The number of rotatable bonds is 7. The third-order valence-electron chi connectivity index (χ3n) is 8.51. The Morgan fingerprint density at radius 2 is 1.91 bits per heavy atom. The lowest BCUT2D eigenvalue weighted by Crippen LogP contribution is -2.52. The number of aromatic amines is 1. The monoisotopic (exact) mass is 626 g/mol. The number of carbonyl (C=O) groups is 5. The molecule has 2 fully saturated rings. The van der Waals surface area contributed by atoms with E-state index < -0.39 is 59.2 Å². The van der Waals surface area contributed by atoms with Crippen LogP contribution in [-0.4, -0.2) is 66.5 Å². The minimum atomic E-state index is -4.83. The molecule has 13 nitrogen and oxygen atoms in total. The number of aromatic nitrogens is 4. The molecule has 3 aromatic rings. The molecule has 3 aliphatic rings. The van der Waals surface area contributed by atoms with E-state index in [0.29, 0.717) is 30.0 Å². The summed E-state index contributed by atoms with van der Waals surface area (Å²) in [6, 6.07) is 2.55. The van der Waals surface area contributed by atoms with Crippen molar-refractivity contribution in [1.82, 2.24) is 35.5 Å². The summed E-state index contributed by atoms with van der Waals surface area (Å²) >= 11 is 0. The predicted octanol–water partition coefficient (Wildman–Crippen LogP) is 2.29. The van der Waals surface area contributed by atoms with E-state index in [1.165, 1.54) is 21.8 Å². The van der Waals surface area contributed by atoms with Crippen LogP contribution < -0.4 is 15.5 Å². The summed E-state index contributed by atoms with van der Waals surface area (Å²) in [7, 11) is 1.57. The third-order valence-corrected chi connectivity index (χ3v) is 8.51. The molecule has 1 aliphatic carbocycles. The maximum Gasteiger partial charge on any atom is 0.432 e. The van der Waals surface area contributed by atoms with Gasteiger partial charge < -0.3 is 10.2 Å². The van der Waals surface area contributed by atoms with Gasteiger partial charge >= 0.3 is 6.18 Å². The fourth-order valence-electron chi connectivity index (χ4n) is 6.01. The SMILES string of the molecule is Cc1cnn(C)c1C(C(=O)NC1CCC1)N(C(=O)c1cc(C(F)(F)F)[nH]n1)c1cccc2c1C(=O)N(C1CCC(=O)NC1=O)C2. The molecule has 1 aromatic carbocycles. The van der Waals surface area contributed by atoms with Crippen LogP contribution in [0, 0.1) is 6.92 Å². The Hall–Kier alpha value is -5.02. The molecule has 2 aliphatic heterocycles. The van der Waals surface area contributed by atoms with Crippen molar-refractivity contribution in [1.29, 1.82) is 0 Å². The molecule has 3 N–H and O–H groups in total. The molecule has 2 atom stereocenters. The Morgan fingerprint density at radius 1 is 1.16 bits per heavy atom. The van der Waals surface area contributed by atoms with Gasteiger partial charge in [-0.05, 0) is 49.8 Å². The molecule has 45 heavy (non-hydrogen) atoms. The second-order valence-corrected chi connectivity index (χ2v) is 11.4. The highest BCUT2D eigenvalue weighted by Gasteiger charge is 2.45. The predicted molar refractivity (Wildman–Crippen MR) is 149 cm³/mol. The van der Waals surface area contributed by atoms with Crippen molar-refractivity contribution < 1.29 is 37.1 Å². The van der Waals surface area contributed by atoms with E-state index in [4.69, 9.17) is 0 Å². The first-order valence-corrected chi connectivity index (χ1v) is 14.4. The van der Waals surface area contributed by atoms with Gasteiger partial charge in [0, 0.05) is 32.1 Å². The lowest BCUT2D eigenvalue weighted by Gasteiger charge is -2.35. The number of hydrogen-bond acceptors (Lipinski definition) is 7. The molecule has 236 valence electrons. The molecule has 1 saturated heterocycles. The Bertz CT molecular complexity index is 1710. The van der Waals surface area contributed by atoms with Gasteiger partial charge in [-0.1, -0.05) is 12.1 Å². The quantitative estimate of drug-likeness (QED) is 0.339. The fourth-order valence-corrected chi connectivity index (χ4v) is 6.01. The highest BCUT2D eigenvalue weighted by molar-refractivity contribution is 6.15. The number of nitrogens with one attached hydrogen (secondary N) is 3. The molecule has 4 heterocycles. The Balaban J connectivity index is 1.50. The van der Waals surface area contributed by atoms with Crippen molar-refractivity contribution in [3.8, 4) is 0 Å². The van der Waals surface area contributed by atoms with E-state index in [1.54, 1.807) is 26.1 Å². The maximum absolute atomic E-state index is 14.3. The molecular weight excluding hydrogens is 597 g/mol. The maximum atomic E-state index is 14.3. The van der Waals surface area contributed by atoms with Gasteiger partial charge in [-0.3, -0.25) is 44.0 Å². The van der Waals surface area contributed by atoms with E-state index in [-0.39, 0.29) is 42.4 Å². The van der Waals surface area contributed by atoms with Gasteiger partial charge in [-0.2, -0.15) is 23.4 Å². The highest BCUT2D eigenvalue weighted by Crippen LogP contribution is 2.40. The van der Waals surface area contributed by atoms with Crippen LogP contribution in [0.25, 0.3) is 0 Å². The molecule has 5 amide bonds. The van der Waals surface area contributed by atoms with Gasteiger partial charge in [-0.15, -0.1) is 0 Å². The molecule has 0 spiro atoms. The number of carbonyl (C=O) groups excluding carboxylic acids is 5. The number of nitrogens with zero attached hydrogens (tertiary/aromatic N) is 5. The molecule has 16 heteroatoms. The van der Waals surface area contributed by atoms with Crippen molar-refractivity contribution in [3.05, 3.63) is 64.2 Å². The summed E-state index contributed by atoms with van der Waals surface area (Å²) in [4.78, 5) is 69.2. The smallest absolute Gasteiger partial charge is 0.351 e.